The molecule has 0 radical (unpaired) electrons. The van der Waals surface area contributed by atoms with Crippen LogP contribution in [-0.2, 0) is 6.54 Å². The summed E-state index contributed by atoms with van der Waals surface area (Å²) in [6, 6.07) is 8.37. The maximum atomic E-state index is 5.62. The lowest BCUT2D eigenvalue weighted by Crippen LogP contribution is -2.23. The Morgan fingerprint density at radius 3 is 2.76 bits per heavy atom. The van der Waals surface area contributed by atoms with E-state index < -0.39 is 0 Å². The third kappa shape index (κ3) is 2.78. The molecule has 0 aliphatic rings. The van der Waals surface area contributed by atoms with Crippen molar-refractivity contribution < 1.29 is 0 Å². The average Bonchev–Trinajstić information content (AvgIpc) is 2.73. The van der Waals surface area contributed by atoms with E-state index >= 15 is 0 Å². The first-order valence-corrected chi connectivity index (χ1v) is 5.71. The van der Waals surface area contributed by atoms with Gasteiger partial charge in [-0.2, -0.15) is 5.10 Å². The molecule has 2 N–H and O–H groups in total. The summed E-state index contributed by atoms with van der Waals surface area (Å²) in [6.45, 7) is 3.87. The molecule has 2 aromatic rings. The Morgan fingerprint density at radius 2 is 2.12 bits per heavy atom. The molecular formula is C13H18N4. The van der Waals surface area contributed by atoms with Crippen LogP contribution in [0, 0.1) is 6.92 Å². The van der Waals surface area contributed by atoms with Crippen LogP contribution in [0.5, 0.6) is 0 Å². The number of aryl methyl sites for hydroxylation is 1. The molecule has 4 heteroatoms. The second-order valence-electron chi connectivity index (χ2n) is 4.24. The molecule has 0 atom stereocenters. The van der Waals surface area contributed by atoms with E-state index in [2.05, 4.69) is 48.2 Å². The number of benzene rings is 1. The molecule has 1 heterocycles. The Labute approximate surface area is 102 Å². The highest BCUT2D eigenvalue weighted by Gasteiger charge is 2.03. The minimum absolute atomic E-state index is 0.712. The highest BCUT2D eigenvalue weighted by Crippen LogP contribution is 2.17. The van der Waals surface area contributed by atoms with Gasteiger partial charge in [-0.3, -0.25) is 4.68 Å². The van der Waals surface area contributed by atoms with E-state index in [-0.39, 0.29) is 0 Å². The summed E-state index contributed by atoms with van der Waals surface area (Å²) in [5, 5.41) is 4.17. The minimum atomic E-state index is 0.712. The fourth-order valence-electron chi connectivity index (χ4n) is 1.87. The maximum Gasteiger partial charge on any atom is 0.0719 e. The largest absolute Gasteiger partial charge is 0.396 e. The molecule has 0 fully saturated rings. The molecule has 17 heavy (non-hydrogen) atoms. The number of nitrogen functional groups attached to an aromatic ring is 1. The second-order valence-corrected chi connectivity index (χ2v) is 4.24. The van der Waals surface area contributed by atoms with E-state index in [1.54, 1.807) is 6.20 Å². The predicted molar refractivity (Wildman–Crippen MR) is 71.1 cm³/mol. The first kappa shape index (κ1) is 11.5. The number of likely N-dealkylation sites (N-methyl/N-ethyl adjacent to an activating group) is 1. The standard InChI is InChI=1S/C13H18N4/c1-11-5-3-4-6-13(11)16(2)7-8-17-10-12(14)9-15-17/h3-6,9-10H,7-8,14H2,1-2H3. The van der Waals surface area contributed by atoms with Crippen molar-refractivity contribution in [2.45, 2.75) is 13.5 Å². The SMILES string of the molecule is Cc1ccccc1N(C)CCn1cc(N)cn1. The van der Waals surface area contributed by atoms with Gasteiger partial charge in [-0.25, -0.2) is 0 Å². The summed E-state index contributed by atoms with van der Waals surface area (Å²) in [5.41, 5.74) is 8.88. The Morgan fingerprint density at radius 1 is 1.35 bits per heavy atom. The van der Waals surface area contributed by atoms with Crippen molar-refractivity contribution in [3.63, 3.8) is 0 Å². The molecule has 4 nitrogen and oxygen atoms in total. The monoisotopic (exact) mass is 230 g/mol. The summed E-state index contributed by atoms with van der Waals surface area (Å²) in [6.07, 6.45) is 3.53. The number of hydrogen-bond donors (Lipinski definition) is 1. The van der Waals surface area contributed by atoms with E-state index in [4.69, 9.17) is 5.73 Å². The van der Waals surface area contributed by atoms with Gasteiger partial charge in [-0.15, -0.1) is 0 Å². The van der Waals surface area contributed by atoms with Gasteiger partial charge in [0.15, 0.2) is 0 Å². The number of aromatic nitrogens is 2. The van der Waals surface area contributed by atoms with E-state index in [0.717, 1.165) is 13.1 Å². The Kier molecular flexibility index (Phi) is 3.32. The summed E-state index contributed by atoms with van der Waals surface area (Å²) >= 11 is 0. The first-order valence-electron chi connectivity index (χ1n) is 5.71. The van der Waals surface area contributed by atoms with Crippen molar-refractivity contribution in [3.05, 3.63) is 42.2 Å². The van der Waals surface area contributed by atoms with Gasteiger partial charge in [0.05, 0.1) is 18.4 Å². The van der Waals surface area contributed by atoms with Crippen LogP contribution in [0.2, 0.25) is 0 Å². The van der Waals surface area contributed by atoms with Crippen LogP contribution in [0.4, 0.5) is 11.4 Å². The molecule has 0 bridgehead atoms. The molecular weight excluding hydrogens is 212 g/mol. The molecule has 0 spiro atoms. The van der Waals surface area contributed by atoms with Crippen molar-refractivity contribution in [1.29, 1.82) is 0 Å². The number of nitrogens with two attached hydrogens (primary N) is 1. The van der Waals surface area contributed by atoms with E-state index in [1.807, 2.05) is 10.9 Å². The average molecular weight is 230 g/mol. The van der Waals surface area contributed by atoms with Crippen LogP contribution in [-0.4, -0.2) is 23.4 Å². The van der Waals surface area contributed by atoms with Crippen molar-refractivity contribution in [3.8, 4) is 0 Å². The quantitative estimate of drug-likeness (QED) is 0.872. The highest BCUT2D eigenvalue weighted by molar-refractivity contribution is 5.52. The van der Waals surface area contributed by atoms with Crippen LogP contribution in [0.1, 0.15) is 5.56 Å². The van der Waals surface area contributed by atoms with Gasteiger partial charge in [-0.1, -0.05) is 18.2 Å². The van der Waals surface area contributed by atoms with E-state index in [9.17, 15) is 0 Å². The highest BCUT2D eigenvalue weighted by atomic mass is 15.3. The number of anilines is 2. The molecule has 0 saturated heterocycles. The second kappa shape index (κ2) is 4.91. The third-order valence-corrected chi connectivity index (χ3v) is 2.84. The molecule has 0 amide bonds. The van der Waals surface area contributed by atoms with Gasteiger partial charge in [0.25, 0.3) is 0 Å². The topological polar surface area (TPSA) is 47.1 Å². The fraction of sp³-hybridized carbons (Fsp3) is 0.308. The molecule has 2 rings (SSSR count). The van der Waals surface area contributed by atoms with Crippen molar-refractivity contribution in [2.75, 3.05) is 24.2 Å². The lowest BCUT2D eigenvalue weighted by molar-refractivity contribution is 0.611. The Hall–Kier alpha value is -1.97. The predicted octanol–water partition coefficient (Wildman–Crippen LogP) is 1.91. The van der Waals surface area contributed by atoms with Gasteiger partial charge in [0.2, 0.25) is 0 Å². The summed E-state index contributed by atoms with van der Waals surface area (Å²) < 4.78 is 1.87. The minimum Gasteiger partial charge on any atom is -0.396 e. The third-order valence-electron chi connectivity index (χ3n) is 2.84. The normalized spacial score (nSPS) is 10.5. The number of para-hydroxylation sites is 1. The lowest BCUT2D eigenvalue weighted by Gasteiger charge is -2.21. The van der Waals surface area contributed by atoms with Crippen molar-refractivity contribution >= 4 is 11.4 Å². The van der Waals surface area contributed by atoms with E-state index in [1.165, 1.54) is 11.3 Å². The zero-order chi connectivity index (χ0) is 12.3. The summed E-state index contributed by atoms with van der Waals surface area (Å²) in [7, 11) is 2.09. The van der Waals surface area contributed by atoms with Gasteiger partial charge in [0, 0.05) is 25.5 Å². The van der Waals surface area contributed by atoms with Crippen LogP contribution < -0.4 is 10.6 Å². The Balaban J connectivity index is 1.98. The molecule has 0 saturated carbocycles. The molecule has 0 unspecified atom stereocenters. The molecule has 0 aliphatic carbocycles. The zero-order valence-electron chi connectivity index (χ0n) is 10.3. The summed E-state index contributed by atoms with van der Waals surface area (Å²) in [5.74, 6) is 0. The number of nitrogens with zero attached hydrogens (tertiary/aromatic N) is 3. The van der Waals surface area contributed by atoms with Crippen molar-refractivity contribution in [2.24, 2.45) is 0 Å². The van der Waals surface area contributed by atoms with Gasteiger partial charge in [0.1, 0.15) is 0 Å². The first-order chi connectivity index (χ1) is 8.16. The molecule has 90 valence electrons. The van der Waals surface area contributed by atoms with Gasteiger partial charge < -0.3 is 10.6 Å². The lowest BCUT2D eigenvalue weighted by atomic mass is 10.2. The van der Waals surface area contributed by atoms with Gasteiger partial charge >= 0.3 is 0 Å². The molecule has 0 aliphatic heterocycles. The smallest absolute Gasteiger partial charge is 0.0719 e. The van der Waals surface area contributed by atoms with Crippen molar-refractivity contribution in [1.82, 2.24) is 9.78 Å². The number of rotatable bonds is 4. The molecule has 1 aromatic heterocycles. The Bertz CT molecular complexity index is 490. The summed E-state index contributed by atoms with van der Waals surface area (Å²) in [4.78, 5) is 2.23. The van der Waals surface area contributed by atoms with Crippen LogP contribution in [0.15, 0.2) is 36.7 Å². The number of hydrogen-bond acceptors (Lipinski definition) is 3. The van der Waals surface area contributed by atoms with Crippen LogP contribution in [0.3, 0.4) is 0 Å². The molecule has 1 aromatic carbocycles. The van der Waals surface area contributed by atoms with Crippen LogP contribution >= 0.6 is 0 Å². The fourth-order valence-corrected chi connectivity index (χ4v) is 1.87. The maximum absolute atomic E-state index is 5.62. The van der Waals surface area contributed by atoms with Gasteiger partial charge in [-0.05, 0) is 18.6 Å². The van der Waals surface area contributed by atoms with E-state index in [0.29, 0.717) is 5.69 Å². The van der Waals surface area contributed by atoms with Crippen LogP contribution in [0.25, 0.3) is 0 Å². The zero-order valence-corrected chi connectivity index (χ0v) is 10.3.